The van der Waals surface area contributed by atoms with Crippen molar-refractivity contribution in [2.24, 2.45) is 0 Å². The van der Waals surface area contributed by atoms with E-state index in [1.165, 1.54) is 0 Å². The molecular weight excluding hydrogens is 274 g/mol. The SMILES string of the molecule is N#Cc1c(Cl)cccc1OCC(=O)Cc1ccccc1. The average molecular weight is 286 g/mol. The Morgan fingerprint density at radius 3 is 2.60 bits per heavy atom. The maximum Gasteiger partial charge on any atom is 0.174 e. The first-order valence-corrected chi connectivity index (χ1v) is 6.45. The summed E-state index contributed by atoms with van der Waals surface area (Å²) in [6.07, 6.45) is 0.309. The fourth-order valence-electron chi connectivity index (χ4n) is 1.77. The number of carbonyl (C=O) groups is 1. The molecule has 4 heteroatoms. The van der Waals surface area contributed by atoms with Crippen molar-refractivity contribution in [1.29, 1.82) is 5.26 Å². The molecule has 2 rings (SSSR count). The number of Topliss-reactive ketones (excluding diaryl/α,β-unsaturated/α-hetero) is 1. The highest BCUT2D eigenvalue weighted by atomic mass is 35.5. The van der Waals surface area contributed by atoms with Gasteiger partial charge in [0.25, 0.3) is 0 Å². The number of hydrogen-bond acceptors (Lipinski definition) is 3. The van der Waals surface area contributed by atoms with Gasteiger partial charge in [-0.25, -0.2) is 0 Å². The van der Waals surface area contributed by atoms with Crippen molar-refractivity contribution >= 4 is 17.4 Å². The number of ether oxygens (including phenoxy) is 1. The van der Waals surface area contributed by atoms with Gasteiger partial charge in [-0.3, -0.25) is 4.79 Å². The summed E-state index contributed by atoms with van der Waals surface area (Å²) in [6.45, 7) is -0.0794. The van der Waals surface area contributed by atoms with Crippen molar-refractivity contribution in [2.45, 2.75) is 6.42 Å². The summed E-state index contributed by atoms with van der Waals surface area (Å²) in [5.74, 6) is 0.279. The van der Waals surface area contributed by atoms with Crippen LogP contribution < -0.4 is 4.74 Å². The zero-order chi connectivity index (χ0) is 14.4. The normalized spacial score (nSPS) is 9.80. The van der Waals surface area contributed by atoms with Crippen LogP contribution in [0.1, 0.15) is 11.1 Å². The van der Waals surface area contributed by atoms with Gasteiger partial charge in [0, 0.05) is 6.42 Å². The molecule has 0 aliphatic heterocycles. The monoisotopic (exact) mass is 285 g/mol. The number of carbonyl (C=O) groups excluding carboxylic acids is 1. The minimum absolute atomic E-state index is 0.0555. The van der Waals surface area contributed by atoms with Crippen LogP contribution in [-0.2, 0) is 11.2 Å². The minimum atomic E-state index is -0.0794. The van der Waals surface area contributed by atoms with Crippen LogP contribution in [0, 0.1) is 11.3 Å². The molecule has 100 valence electrons. The van der Waals surface area contributed by atoms with E-state index >= 15 is 0 Å². The third kappa shape index (κ3) is 3.59. The molecule has 2 aromatic rings. The molecule has 0 unspecified atom stereocenters. The fourth-order valence-corrected chi connectivity index (χ4v) is 1.97. The van der Waals surface area contributed by atoms with Gasteiger partial charge in [0.05, 0.1) is 5.02 Å². The van der Waals surface area contributed by atoms with Crippen LogP contribution in [0.5, 0.6) is 5.75 Å². The molecule has 0 saturated heterocycles. The van der Waals surface area contributed by atoms with Gasteiger partial charge in [-0.15, -0.1) is 0 Å². The van der Waals surface area contributed by atoms with Gasteiger partial charge in [-0.05, 0) is 17.7 Å². The molecule has 0 heterocycles. The maximum absolute atomic E-state index is 11.8. The lowest BCUT2D eigenvalue weighted by Crippen LogP contribution is -2.14. The van der Waals surface area contributed by atoms with Crippen molar-refractivity contribution in [3.05, 3.63) is 64.7 Å². The van der Waals surface area contributed by atoms with Gasteiger partial charge in [0.1, 0.15) is 24.0 Å². The van der Waals surface area contributed by atoms with Crippen LogP contribution in [0.25, 0.3) is 0 Å². The predicted molar refractivity (Wildman–Crippen MR) is 76.8 cm³/mol. The van der Waals surface area contributed by atoms with Crippen LogP contribution >= 0.6 is 11.6 Å². The Balaban J connectivity index is 1.98. The fraction of sp³-hybridized carbons (Fsp3) is 0.125. The van der Waals surface area contributed by atoms with E-state index in [9.17, 15) is 4.79 Å². The molecule has 0 aromatic heterocycles. The Hall–Kier alpha value is -2.31. The Labute approximate surface area is 122 Å². The van der Waals surface area contributed by atoms with Gasteiger partial charge in [0.2, 0.25) is 0 Å². The standard InChI is InChI=1S/C16H12ClNO2/c17-15-7-4-8-16(14(15)10-18)20-11-13(19)9-12-5-2-1-3-6-12/h1-8H,9,11H2. The van der Waals surface area contributed by atoms with Crippen LogP contribution in [0.15, 0.2) is 48.5 Å². The third-order valence-corrected chi connectivity index (χ3v) is 3.03. The second-order valence-corrected chi connectivity index (χ2v) is 4.62. The number of ketones is 1. The van der Waals surface area contributed by atoms with Gasteiger partial charge in [-0.1, -0.05) is 48.0 Å². The van der Waals surface area contributed by atoms with Crippen molar-refractivity contribution < 1.29 is 9.53 Å². The largest absolute Gasteiger partial charge is 0.484 e. The topological polar surface area (TPSA) is 50.1 Å². The molecule has 0 atom stereocenters. The third-order valence-electron chi connectivity index (χ3n) is 2.72. The zero-order valence-electron chi connectivity index (χ0n) is 10.7. The van der Waals surface area contributed by atoms with Crippen molar-refractivity contribution in [2.75, 3.05) is 6.61 Å². The Morgan fingerprint density at radius 1 is 1.15 bits per heavy atom. The van der Waals surface area contributed by atoms with E-state index in [1.807, 2.05) is 36.4 Å². The average Bonchev–Trinajstić information content (AvgIpc) is 2.46. The molecule has 3 nitrogen and oxygen atoms in total. The first kappa shape index (κ1) is 14.1. The highest BCUT2D eigenvalue weighted by Gasteiger charge is 2.10. The summed E-state index contributed by atoms with van der Waals surface area (Å²) in [6, 6.07) is 16.3. The molecule has 0 N–H and O–H groups in total. The number of benzene rings is 2. The lowest BCUT2D eigenvalue weighted by Gasteiger charge is -2.08. The summed E-state index contributed by atoms with van der Waals surface area (Å²) in [7, 11) is 0. The van der Waals surface area contributed by atoms with E-state index in [1.54, 1.807) is 18.2 Å². The summed E-state index contributed by atoms with van der Waals surface area (Å²) < 4.78 is 5.39. The second kappa shape index (κ2) is 6.74. The smallest absolute Gasteiger partial charge is 0.174 e. The van der Waals surface area contributed by atoms with Gasteiger partial charge >= 0.3 is 0 Å². The quantitative estimate of drug-likeness (QED) is 0.846. The Bertz CT molecular complexity index is 647. The molecular formula is C16H12ClNO2. The Morgan fingerprint density at radius 2 is 1.90 bits per heavy atom. The second-order valence-electron chi connectivity index (χ2n) is 4.21. The van der Waals surface area contributed by atoms with Crippen LogP contribution in [0.4, 0.5) is 0 Å². The van der Waals surface area contributed by atoms with Crippen LogP contribution in [-0.4, -0.2) is 12.4 Å². The van der Waals surface area contributed by atoms with Gasteiger partial charge in [-0.2, -0.15) is 5.26 Å². The van der Waals surface area contributed by atoms with Crippen molar-refractivity contribution in [1.82, 2.24) is 0 Å². The minimum Gasteiger partial charge on any atom is -0.484 e. The number of rotatable bonds is 5. The molecule has 0 radical (unpaired) electrons. The molecule has 0 fully saturated rings. The first-order chi connectivity index (χ1) is 9.70. The van der Waals surface area contributed by atoms with Crippen molar-refractivity contribution in [3.8, 4) is 11.8 Å². The first-order valence-electron chi connectivity index (χ1n) is 6.07. The molecule has 0 bridgehead atoms. The molecule has 0 spiro atoms. The number of halogens is 1. The molecule has 2 aromatic carbocycles. The summed E-state index contributed by atoms with van der Waals surface area (Å²) in [5.41, 5.74) is 1.19. The lowest BCUT2D eigenvalue weighted by molar-refractivity contribution is -0.120. The zero-order valence-corrected chi connectivity index (χ0v) is 11.4. The van der Waals surface area contributed by atoms with E-state index in [0.29, 0.717) is 17.2 Å². The van der Waals surface area contributed by atoms with Crippen molar-refractivity contribution in [3.63, 3.8) is 0 Å². The molecule has 20 heavy (non-hydrogen) atoms. The maximum atomic E-state index is 11.8. The van der Waals surface area contributed by atoms with E-state index in [4.69, 9.17) is 21.6 Å². The van der Waals surface area contributed by atoms with E-state index in [0.717, 1.165) is 5.56 Å². The van der Waals surface area contributed by atoms with Crippen LogP contribution in [0.3, 0.4) is 0 Å². The predicted octanol–water partition coefficient (Wildman–Crippen LogP) is 3.40. The van der Waals surface area contributed by atoms with Gasteiger partial charge in [0.15, 0.2) is 5.78 Å². The van der Waals surface area contributed by atoms with Gasteiger partial charge < -0.3 is 4.74 Å². The highest BCUT2D eigenvalue weighted by Crippen LogP contribution is 2.25. The van der Waals surface area contributed by atoms with E-state index in [2.05, 4.69) is 0 Å². The molecule has 0 aliphatic rings. The summed E-state index contributed by atoms with van der Waals surface area (Å²) in [5, 5.41) is 9.32. The lowest BCUT2D eigenvalue weighted by atomic mass is 10.1. The number of nitriles is 1. The van der Waals surface area contributed by atoms with Crippen LogP contribution in [0.2, 0.25) is 5.02 Å². The summed E-state index contributed by atoms with van der Waals surface area (Å²) >= 11 is 5.89. The molecule has 0 aliphatic carbocycles. The number of nitrogens with zero attached hydrogens (tertiary/aromatic N) is 1. The molecule has 0 saturated carbocycles. The number of hydrogen-bond donors (Lipinski definition) is 0. The van der Waals surface area contributed by atoms with E-state index < -0.39 is 0 Å². The highest BCUT2D eigenvalue weighted by molar-refractivity contribution is 6.31. The molecule has 0 amide bonds. The van der Waals surface area contributed by atoms with E-state index in [-0.39, 0.29) is 18.0 Å². The summed E-state index contributed by atoms with van der Waals surface area (Å²) in [4.78, 5) is 11.8. The Kier molecular flexibility index (Phi) is 4.75.